The molecule has 0 radical (unpaired) electrons. The maximum atomic E-state index is 10.4. The summed E-state index contributed by atoms with van der Waals surface area (Å²) in [6.07, 6.45) is 2.33. The van der Waals surface area contributed by atoms with Crippen molar-refractivity contribution < 1.29 is 11.0 Å². The van der Waals surface area contributed by atoms with Crippen LogP contribution < -0.4 is 5.32 Å². The molecule has 0 saturated carbocycles. The van der Waals surface area contributed by atoms with Gasteiger partial charge in [-0.2, -0.15) is 0 Å². The number of carbonyl (C=O) groups excluding carboxylic acids is 1. The molecule has 0 aromatic rings. The fourth-order valence-corrected chi connectivity index (χ4v) is 1.12. The minimum Gasteiger partial charge on any atom is -0.464 e. The van der Waals surface area contributed by atoms with Crippen LogP contribution in [0.25, 0.3) is 0 Å². The highest BCUT2D eigenvalue weighted by atomic mass is 16.5. The quantitative estimate of drug-likeness (QED) is 0.647. The average molecular weight is 175 g/mol. The molecule has 74 valence electrons. The fourth-order valence-electron chi connectivity index (χ4n) is 1.12. The molecule has 1 N–H and O–H groups in total. The summed E-state index contributed by atoms with van der Waals surface area (Å²) in [4.78, 5) is 10.4. The number of hydrogen-bond acceptors (Lipinski definition) is 3. The van der Waals surface area contributed by atoms with Crippen molar-refractivity contribution in [2.24, 2.45) is 0 Å². The van der Waals surface area contributed by atoms with Crippen LogP contribution in [0.3, 0.4) is 0 Å². The lowest BCUT2D eigenvalue weighted by atomic mass is 10.2. The van der Waals surface area contributed by atoms with Crippen molar-refractivity contribution in [1.29, 1.82) is 0 Å². The van der Waals surface area contributed by atoms with E-state index in [1.54, 1.807) is 0 Å². The van der Waals surface area contributed by atoms with Gasteiger partial charge in [0.1, 0.15) is 6.61 Å². The first-order chi connectivity index (χ1) is 5.79. The van der Waals surface area contributed by atoms with Crippen LogP contribution in [0.4, 0.5) is 0 Å². The largest absolute Gasteiger partial charge is 0.464 e. The van der Waals surface area contributed by atoms with E-state index < -0.39 is 0 Å². The molecule has 0 bridgehead atoms. The van der Waals surface area contributed by atoms with E-state index in [9.17, 15) is 4.79 Å². The van der Waals surface area contributed by atoms with Gasteiger partial charge in [0.25, 0.3) is 0 Å². The minimum absolute atomic E-state index is 0. The second-order valence-electron chi connectivity index (χ2n) is 2.60. The molecule has 0 spiro atoms. The summed E-state index contributed by atoms with van der Waals surface area (Å²) in [5, 5.41) is 3.23. The lowest BCUT2D eigenvalue weighted by Gasteiger charge is -2.08. The zero-order valence-corrected chi connectivity index (χ0v) is 8.22. The molecule has 12 heavy (non-hydrogen) atoms. The number of esters is 1. The van der Waals surface area contributed by atoms with Crippen molar-refractivity contribution in [2.75, 3.05) is 13.2 Å². The van der Waals surface area contributed by atoms with E-state index in [2.05, 4.69) is 5.32 Å². The first-order valence-corrected chi connectivity index (χ1v) is 4.66. The van der Waals surface area contributed by atoms with Crippen LogP contribution in [0.5, 0.6) is 0 Å². The van der Waals surface area contributed by atoms with E-state index in [1.807, 2.05) is 13.8 Å². The lowest BCUT2D eigenvalue weighted by molar-refractivity contribution is -0.141. The Kier molecular flexibility index (Phi) is 6.76. The highest BCUT2D eigenvalue weighted by molar-refractivity contribution is 5.65. The van der Waals surface area contributed by atoms with Crippen molar-refractivity contribution in [3.63, 3.8) is 0 Å². The fraction of sp³-hybridized carbons (Fsp3) is 0.889. The number of hydrogen-bond donors (Lipinski definition) is 1. The molecule has 3 heteroatoms. The van der Waals surface area contributed by atoms with E-state index in [-0.39, 0.29) is 7.40 Å². The van der Waals surface area contributed by atoms with Gasteiger partial charge >= 0.3 is 5.97 Å². The molecule has 1 fully saturated rings. The van der Waals surface area contributed by atoms with Gasteiger partial charge in [-0.15, -0.1) is 0 Å². The SMILES string of the molecule is CC.CC(=O)OCC1CCCN1.[HH]. The third-order valence-electron chi connectivity index (χ3n) is 1.65. The van der Waals surface area contributed by atoms with E-state index in [0.717, 1.165) is 13.0 Å². The molecule has 1 aliphatic heterocycles. The van der Waals surface area contributed by atoms with Crippen molar-refractivity contribution in [3.05, 3.63) is 0 Å². The van der Waals surface area contributed by atoms with Gasteiger partial charge in [-0.3, -0.25) is 4.79 Å². The Hall–Kier alpha value is -0.570. The highest BCUT2D eigenvalue weighted by Crippen LogP contribution is 2.04. The monoisotopic (exact) mass is 175 g/mol. The number of ether oxygens (including phenoxy) is 1. The van der Waals surface area contributed by atoms with Gasteiger partial charge < -0.3 is 10.1 Å². The summed E-state index contributed by atoms with van der Waals surface area (Å²) in [7, 11) is 0. The molecule has 0 aromatic heterocycles. The first-order valence-electron chi connectivity index (χ1n) is 4.66. The zero-order valence-electron chi connectivity index (χ0n) is 8.22. The van der Waals surface area contributed by atoms with Crippen LogP contribution in [-0.4, -0.2) is 25.2 Å². The maximum absolute atomic E-state index is 10.4. The predicted molar refractivity (Wildman–Crippen MR) is 51.1 cm³/mol. The third-order valence-corrected chi connectivity index (χ3v) is 1.65. The Labute approximate surface area is 76.0 Å². The van der Waals surface area contributed by atoms with Gasteiger partial charge in [0.05, 0.1) is 0 Å². The molecular formula is C9H21NO2. The Bertz CT molecular complexity index is 125. The summed E-state index contributed by atoms with van der Waals surface area (Å²) in [5.74, 6) is -0.186. The molecule has 1 rings (SSSR count). The minimum atomic E-state index is -0.186. The Morgan fingerprint density at radius 2 is 2.33 bits per heavy atom. The molecule has 0 aliphatic carbocycles. The van der Waals surface area contributed by atoms with E-state index >= 15 is 0 Å². The predicted octanol–water partition coefficient (Wildman–Crippen LogP) is 1.57. The molecule has 1 aliphatic rings. The second kappa shape index (κ2) is 7.10. The molecule has 0 aromatic carbocycles. The van der Waals surface area contributed by atoms with Gasteiger partial charge in [0.2, 0.25) is 0 Å². The molecule has 3 nitrogen and oxygen atoms in total. The van der Waals surface area contributed by atoms with Gasteiger partial charge in [-0.25, -0.2) is 0 Å². The van der Waals surface area contributed by atoms with Crippen LogP contribution in [0.1, 0.15) is 35.0 Å². The van der Waals surface area contributed by atoms with Crippen LogP contribution in [-0.2, 0) is 9.53 Å². The second-order valence-corrected chi connectivity index (χ2v) is 2.60. The summed E-state index contributed by atoms with van der Waals surface area (Å²) in [5.41, 5.74) is 0. The first kappa shape index (κ1) is 11.4. The molecule has 0 amide bonds. The lowest BCUT2D eigenvalue weighted by Crippen LogP contribution is -2.27. The molecular weight excluding hydrogens is 154 g/mol. The standard InChI is InChI=1S/C7H13NO2.C2H6.H2/c1-6(9)10-5-7-3-2-4-8-7;1-2;/h7-8H,2-5H2,1H3;1-2H3;1H. The summed E-state index contributed by atoms with van der Waals surface area (Å²) in [6.45, 7) is 7.04. The van der Waals surface area contributed by atoms with Gasteiger partial charge in [0.15, 0.2) is 0 Å². The highest BCUT2D eigenvalue weighted by Gasteiger charge is 2.14. The Morgan fingerprint density at radius 3 is 2.75 bits per heavy atom. The van der Waals surface area contributed by atoms with Crippen LogP contribution in [0, 0.1) is 0 Å². The van der Waals surface area contributed by atoms with Crippen LogP contribution in [0.2, 0.25) is 0 Å². The summed E-state index contributed by atoms with van der Waals surface area (Å²) in [6, 6.07) is 0.406. The maximum Gasteiger partial charge on any atom is 0.302 e. The average Bonchev–Trinajstić information content (AvgIpc) is 2.56. The van der Waals surface area contributed by atoms with Crippen molar-refractivity contribution in [2.45, 2.75) is 39.7 Å². The number of nitrogens with one attached hydrogen (secondary N) is 1. The topological polar surface area (TPSA) is 38.3 Å². The van der Waals surface area contributed by atoms with Crippen molar-refractivity contribution in [3.8, 4) is 0 Å². The summed E-state index contributed by atoms with van der Waals surface area (Å²) < 4.78 is 4.82. The number of carbonyl (C=O) groups is 1. The molecule has 1 heterocycles. The number of rotatable bonds is 2. The van der Waals surface area contributed by atoms with E-state index in [1.165, 1.54) is 13.3 Å². The van der Waals surface area contributed by atoms with Crippen LogP contribution >= 0.6 is 0 Å². The Morgan fingerprint density at radius 1 is 1.67 bits per heavy atom. The van der Waals surface area contributed by atoms with E-state index in [0.29, 0.717) is 12.6 Å². The molecule has 1 atom stereocenters. The Balaban J connectivity index is 0. The van der Waals surface area contributed by atoms with E-state index in [4.69, 9.17) is 4.74 Å². The van der Waals surface area contributed by atoms with Crippen LogP contribution in [0.15, 0.2) is 0 Å². The molecule has 1 unspecified atom stereocenters. The van der Waals surface area contributed by atoms with Gasteiger partial charge in [0, 0.05) is 14.4 Å². The summed E-state index contributed by atoms with van der Waals surface area (Å²) >= 11 is 0. The smallest absolute Gasteiger partial charge is 0.302 e. The van der Waals surface area contributed by atoms with Crippen molar-refractivity contribution in [1.82, 2.24) is 5.32 Å². The zero-order chi connectivity index (χ0) is 9.40. The van der Waals surface area contributed by atoms with Gasteiger partial charge in [-0.05, 0) is 19.4 Å². The third kappa shape index (κ3) is 5.13. The van der Waals surface area contributed by atoms with Gasteiger partial charge in [-0.1, -0.05) is 13.8 Å². The normalized spacial score (nSPS) is 21.1. The molecule has 1 saturated heterocycles. The van der Waals surface area contributed by atoms with Crippen molar-refractivity contribution >= 4 is 5.97 Å².